The molecule has 1 aliphatic heterocycles. The van der Waals surface area contributed by atoms with Crippen LogP contribution in [0.4, 0.5) is 0 Å². The lowest BCUT2D eigenvalue weighted by Crippen LogP contribution is -2.14. The molecule has 0 saturated carbocycles. The highest BCUT2D eigenvalue weighted by Crippen LogP contribution is 2.38. The summed E-state index contributed by atoms with van der Waals surface area (Å²) in [5, 5.41) is 9.39. The van der Waals surface area contributed by atoms with Gasteiger partial charge in [-0.05, 0) is 31.2 Å². The Morgan fingerprint density at radius 2 is 2.00 bits per heavy atom. The molecule has 0 saturated heterocycles. The Bertz CT molecular complexity index is 763. The average Bonchev–Trinajstić information content (AvgIpc) is 2.49. The molecule has 112 valence electrons. The molecule has 0 aliphatic carbocycles. The highest BCUT2D eigenvalue weighted by Gasteiger charge is 2.19. The second-order valence-electron chi connectivity index (χ2n) is 5.00. The fraction of sp³-hybridized carbons (Fsp3) is 0.118. The molecule has 0 spiro atoms. The molecule has 2 aromatic carbocycles. The van der Waals surface area contributed by atoms with E-state index < -0.39 is 5.97 Å². The van der Waals surface area contributed by atoms with Gasteiger partial charge in [-0.25, -0.2) is 4.79 Å². The molecule has 0 amide bonds. The van der Waals surface area contributed by atoms with Gasteiger partial charge in [-0.1, -0.05) is 29.3 Å². The normalized spacial score (nSPS) is 12.9. The van der Waals surface area contributed by atoms with Crippen molar-refractivity contribution >= 4 is 23.6 Å². The number of carbonyl (C=O) groups is 1. The number of hydrogen-bond acceptors (Lipinski definition) is 3. The standard InChI is InChI=1S/C17H13ClO4/c1-10-2-4-13(5-3-10)22-16-8-15-11(7-14(16)18)6-12(9-21-15)17(19)20/h2-8H,9H2,1H3,(H,19,20). The minimum atomic E-state index is -0.998. The summed E-state index contributed by atoms with van der Waals surface area (Å²) < 4.78 is 11.2. The minimum absolute atomic E-state index is 0.0218. The van der Waals surface area contributed by atoms with Crippen molar-refractivity contribution in [2.45, 2.75) is 6.92 Å². The van der Waals surface area contributed by atoms with Crippen LogP contribution in [0.5, 0.6) is 17.2 Å². The van der Waals surface area contributed by atoms with Crippen LogP contribution < -0.4 is 9.47 Å². The van der Waals surface area contributed by atoms with Gasteiger partial charge in [0.1, 0.15) is 23.9 Å². The van der Waals surface area contributed by atoms with E-state index in [9.17, 15) is 4.79 Å². The number of hydrogen-bond donors (Lipinski definition) is 1. The number of fused-ring (bicyclic) bond motifs is 1. The maximum Gasteiger partial charge on any atom is 0.335 e. The molecule has 5 heteroatoms. The molecule has 0 atom stereocenters. The Morgan fingerprint density at radius 1 is 1.27 bits per heavy atom. The maximum atomic E-state index is 11.0. The third kappa shape index (κ3) is 2.92. The smallest absolute Gasteiger partial charge is 0.335 e. The van der Waals surface area contributed by atoms with Crippen LogP contribution in [0, 0.1) is 6.92 Å². The van der Waals surface area contributed by atoms with Crippen molar-refractivity contribution in [3.05, 3.63) is 58.1 Å². The lowest BCUT2D eigenvalue weighted by atomic mass is 10.1. The topological polar surface area (TPSA) is 55.8 Å². The number of benzene rings is 2. The summed E-state index contributed by atoms with van der Waals surface area (Å²) in [6.07, 6.45) is 1.56. The quantitative estimate of drug-likeness (QED) is 0.917. The number of rotatable bonds is 3. The third-order valence-corrected chi connectivity index (χ3v) is 3.60. The Hall–Kier alpha value is -2.46. The summed E-state index contributed by atoms with van der Waals surface area (Å²) in [5.41, 5.74) is 1.96. The van der Waals surface area contributed by atoms with E-state index >= 15 is 0 Å². The van der Waals surface area contributed by atoms with Gasteiger partial charge >= 0.3 is 5.97 Å². The van der Waals surface area contributed by atoms with Gasteiger partial charge in [0.25, 0.3) is 0 Å². The lowest BCUT2D eigenvalue weighted by Gasteiger charge is -2.18. The summed E-state index contributed by atoms with van der Waals surface area (Å²) in [5.74, 6) is 0.694. The largest absolute Gasteiger partial charge is 0.488 e. The fourth-order valence-corrected chi connectivity index (χ4v) is 2.32. The Morgan fingerprint density at radius 3 is 2.68 bits per heavy atom. The first-order chi connectivity index (χ1) is 10.5. The van der Waals surface area contributed by atoms with Crippen molar-refractivity contribution in [2.24, 2.45) is 0 Å². The summed E-state index contributed by atoms with van der Waals surface area (Å²) >= 11 is 6.21. The zero-order valence-electron chi connectivity index (χ0n) is 11.8. The van der Waals surface area contributed by atoms with Gasteiger partial charge < -0.3 is 14.6 Å². The molecule has 0 unspecified atom stereocenters. The van der Waals surface area contributed by atoms with E-state index in [0.717, 1.165) is 5.56 Å². The van der Waals surface area contributed by atoms with Crippen LogP contribution in [-0.4, -0.2) is 17.7 Å². The minimum Gasteiger partial charge on any atom is -0.488 e. The van der Waals surface area contributed by atoms with E-state index in [1.54, 1.807) is 18.2 Å². The van der Waals surface area contributed by atoms with E-state index in [1.165, 1.54) is 0 Å². The predicted molar refractivity (Wildman–Crippen MR) is 83.8 cm³/mol. The van der Waals surface area contributed by atoms with Gasteiger partial charge in [-0.3, -0.25) is 0 Å². The molecule has 4 nitrogen and oxygen atoms in total. The summed E-state index contributed by atoms with van der Waals surface area (Å²) in [6, 6.07) is 10.9. The number of carboxylic acid groups (broad SMARTS) is 1. The molecule has 0 fully saturated rings. The molecular formula is C17H13ClO4. The number of carboxylic acids is 1. The van der Waals surface area contributed by atoms with Gasteiger partial charge in [0, 0.05) is 11.6 Å². The van der Waals surface area contributed by atoms with Crippen LogP contribution in [0.3, 0.4) is 0 Å². The van der Waals surface area contributed by atoms with Crippen LogP contribution in [0.1, 0.15) is 11.1 Å². The SMILES string of the molecule is Cc1ccc(Oc2cc3c(cc2Cl)C=C(C(=O)O)CO3)cc1. The Balaban J connectivity index is 1.92. The fourth-order valence-electron chi connectivity index (χ4n) is 2.11. The van der Waals surface area contributed by atoms with Crippen LogP contribution >= 0.6 is 11.6 Å². The first-order valence-electron chi connectivity index (χ1n) is 6.67. The molecule has 1 N–H and O–H groups in total. The Labute approximate surface area is 132 Å². The first kappa shape index (κ1) is 14.5. The van der Waals surface area contributed by atoms with Crippen LogP contribution in [-0.2, 0) is 4.79 Å². The van der Waals surface area contributed by atoms with E-state index in [0.29, 0.717) is 27.8 Å². The molecule has 2 aromatic rings. The highest BCUT2D eigenvalue weighted by molar-refractivity contribution is 6.32. The van der Waals surface area contributed by atoms with Gasteiger partial charge in [-0.15, -0.1) is 0 Å². The molecular weight excluding hydrogens is 304 g/mol. The number of aryl methyl sites for hydroxylation is 1. The number of halogens is 1. The third-order valence-electron chi connectivity index (χ3n) is 3.30. The van der Waals surface area contributed by atoms with Gasteiger partial charge in [-0.2, -0.15) is 0 Å². The van der Waals surface area contributed by atoms with Gasteiger partial charge in [0.15, 0.2) is 0 Å². The highest BCUT2D eigenvalue weighted by atomic mass is 35.5. The zero-order valence-corrected chi connectivity index (χ0v) is 12.6. The molecule has 1 aliphatic rings. The van der Waals surface area contributed by atoms with Crippen molar-refractivity contribution in [3.63, 3.8) is 0 Å². The molecule has 0 bridgehead atoms. The first-order valence-corrected chi connectivity index (χ1v) is 7.05. The summed E-state index contributed by atoms with van der Waals surface area (Å²) in [6.45, 7) is 2.02. The van der Waals surface area contributed by atoms with Crippen molar-refractivity contribution in [1.82, 2.24) is 0 Å². The number of ether oxygens (including phenoxy) is 2. The molecule has 0 radical (unpaired) electrons. The van der Waals surface area contributed by atoms with E-state index in [-0.39, 0.29) is 12.2 Å². The number of aliphatic carboxylic acids is 1. The van der Waals surface area contributed by atoms with Crippen molar-refractivity contribution in [3.8, 4) is 17.2 Å². The second kappa shape index (κ2) is 5.73. The van der Waals surface area contributed by atoms with Crippen LogP contribution in [0.15, 0.2) is 42.0 Å². The van der Waals surface area contributed by atoms with Crippen LogP contribution in [0.2, 0.25) is 5.02 Å². The van der Waals surface area contributed by atoms with E-state index in [2.05, 4.69) is 0 Å². The monoisotopic (exact) mass is 316 g/mol. The summed E-state index contributed by atoms with van der Waals surface area (Å²) in [7, 11) is 0. The zero-order chi connectivity index (χ0) is 15.7. The molecule has 1 heterocycles. The lowest BCUT2D eigenvalue weighted by molar-refractivity contribution is -0.132. The predicted octanol–water partition coefficient (Wildman–Crippen LogP) is 4.30. The van der Waals surface area contributed by atoms with E-state index in [4.69, 9.17) is 26.2 Å². The van der Waals surface area contributed by atoms with Crippen molar-refractivity contribution < 1.29 is 19.4 Å². The molecule has 22 heavy (non-hydrogen) atoms. The second-order valence-corrected chi connectivity index (χ2v) is 5.41. The summed E-state index contributed by atoms with van der Waals surface area (Å²) in [4.78, 5) is 11.0. The van der Waals surface area contributed by atoms with E-state index in [1.807, 2.05) is 31.2 Å². The van der Waals surface area contributed by atoms with Gasteiger partial charge in [0.2, 0.25) is 0 Å². The van der Waals surface area contributed by atoms with Gasteiger partial charge in [0.05, 0.1) is 10.6 Å². The Kier molecular flexibility index (Phi) is 3.77. The molecule has 3 rings (SSSR count). The van der Waals surface area contributed by atoms with Crippen molar-refractivity contribution in [2.75, 3.05) is 6.61 Å². The van der Waals surface area contributed by atoms with Crippen molar-refractivity contribution in [1.29, 1.82) is 0 Å². The average molecular weight is 317 g/mol. The van der Waals surface area contributed by atoms with Crippen LogP contribution in [0.25, 0.3) is 6.08 Å². The maximum absolute atomic E-state index is 11.0. The molecule has 0 aromatic heterocycles.